The minimum absolute atomic E-state index is 0.00785. The van der Waals surface area contributed by atoms with Crippen LogP contribution in [0.3, 0.4) is 0 Å². The zero-order chi connectivity index (χ0) is 14.1. The minimum atomic E-state index is -0.280. The van der Waals surface area contributed by atoms with E-state index in [1.807, 2.05) is 24.3 Å². The van der Waals surface area contributed by atoms with Gasteiger partial charge in [0.05, 0.1) is 24.2 Å². The highest BCUT2D eigenvalue weighted by Crippen LogP contribution is 2.28. The largest absolute Gasteiger partial charge is 0.399 e. The number of nitrogens with two attached hydrogens (primary N) is 1. The maximum atomic E-state index is 12.5. The normalized spacial score (nSPS) is 19.4. The number of anilines is 1. The van der Waals surface area contributed by atoms with Crippen molar-refractivity contribution in [1.82, 2.24) is 4.90 Å². The Kier molecular flexibility index (Phi) is 3.60. The predicted octanol–water partition coefficient (Wildman–Crippen LogP) is 1.32. The van der Waals surface area contributed by atoms with Crippen molar-refractivity contribution in [2.24, 2.45) is 0 Å². The first-order valence-corrected chi connectivity index (χ1v) is 7.30. The maximum Gasteiger partial charge on any atom is 0.264 e. The summed E-state index contributed by atoms with van der Waals surface area (Å²) in [6, 6.07) is 7.52. The Bertz CT molecular complexity index is 640. The molecule has 1 amide bonds. The number of aliphatic hydroxyl groups excluding tert-OH is 1. The van der Waals surface area contributed by atoms with E-state index >= 15 is 0 Å². The monoisotopic (exact) mass is 292 g/mol. The molecule has 0 saturated carbocycles. The van der Waals surface area contributed by atoms with E-state index in [1.165, 1.54) is 11.3 Å². The molecule has 1 unspecified atom stereocenters. The van der Waals surface area contributed by atoms with Gasteiger partial charge in [-0.15, -0.1) is 11.3 Å². The molecule has 1 aromatic heterocycles. The third kappa shape index (κ3) is 2.49. The number of amides is 1. The van der Waals surface area contributed by atoms with Crippen LogP contribution in [-0.2, 0) is 4.74 Å². The van der Waals surface area contributed by atoms with E-state index in [1.54, 1.807) is 4.90 Å². The van der Waals surface area contributed by atoms with Crippen LogP contribution in [-0.4, -0.2) is 48.3 Å². The van der Waals surface area contributed by atoms with Crippen LogP contribution in [0.1, 0.15) is 9.67 Å². The molecule has 6 heteroatoms. The van der Waals surface area contributed by atoms with Gasteiger partial charge in [-0.05, 0) is 29.7 Å². The van der Waals surface area contributed by atoms with Gasteiger partial charge in [-0.25, -0.2) is 0 Å². The molecule has 1 aliphatic rings. The van der Waals surface area contributed by atoms with Crippen molar-refractivity contribution in [2.45, 2.75) is 6.10 Å². The van der Waals surface area contributed by atoms with E-state index in [0.717, 1.165) is 10.1 Å². The third-order valence-electron chi connectivity index (χ3n) is 3.38. The summed E-state index contributed by atoms with van der Waals surface area (Å²) in [6.45, 7) is 1.40. The van der Waals surface area contributed by atoms with Gasteiger partial charge in [0.15, 0.2) is 0 Å². The van der Waals surface area contributed by atoms with Crippen LogP contribution in [0, 0.1) is 0 Å². The molecule has 20 heavy (non-hydrogen) atoms. The Morgan fingerprint density at radius 1 is 1.50 bits per heavy atom. The maximum absolute atomic E-state index is 12.5. The Morgan fingerprint density at radius 3 is 3.15 bits per heavy atom. The molecule has 0 spiro atoms. The third-order valence-corrected chi connectivity index (χ3v) is 4.48. The fourth-order valence-electron chi connectivity index (χ4n) is 2.34. The van der Waals surface area contributed by atoms with Gasteiger partial charge in [-0.1, -0.05) is 0 Å². The van der Waals surface area contributed by atoms with Crippen LogP contribution in [0.2, 0.25) is 0 Å². The number of nitrogens with zero attached hydrogens (tertiary/aromatic N) is 1. The number of hydrogen-bond acceptors (Lipinski definition) is 5. The number of morpholine rings is 1. The van der Waals surface area contributed by atoms with Crippen LogP contribution in [0.15, 0.2) is 24.3 Å². The van der Waals surface area contributed by atoms with Crippen LogP contribution in [0.25, 0.3) is 10.1 Å². The lowest BCUT2D eigenvalue weighted by Crippen LogP contribution is -2.46. The molecule has 1 saturated heterocycles. The first-order valence-electron chi connectivity index (χ1n) is 6.48. The molecule has 106 valence electrons. The molecule has 3 N–H and O–H groups in total. The molecule has 2 aromatic rings. The Morgan fingerprint density at radius 2 is 2.35 bits per heavy atom. The van der Waals surface area contributed by atoms with Crippen molar-refractivity contribution < 1.29 is 14.6 Å². The van der Waals surface area contributed by atoms with E-state index in [2.05, 4.69) is 0 Å². The number of carbonyl (C=O) groups excluding carboxylic acids is 1. The zero-order valence-electron chi connectivity index (χ0n) is 10.9. The van der Waals surface area contributed by atoms with E-state index in [4.69, 9.17) is 15.6 Å². The number of hydrogen-bond donors (Lipinski definition) is 2. The lowest BCUT2D eigenvalue weighted by Gasteiger charge is -2.31. The summed E-state index contributed by atoms with van der Waals surface area (Å²) in [5.41, 5.74) is 6.45. The summed E-state index contributed by atoms with van der Waals surface area (Å²) in [4.78, 5) is 14.9. The van der Waals surface area contributed by atoms with Crippen LogP contribution >= 0.6 is 11.3 Å². The van der Waals surface area contributed by atoms with Gasteiger partial charge < -0.3 is 20.5 Å². The van der Waals surface area contributed by atoms with Crippen molar-refractivity contribution in [3.05, 3.63) is 29.1 Å². The first kappa shape index (κ1) is 13.4. The number of rotatable bonds is 2. The SMILES string of the molecule is Nc1ccc2sc(C(=O)N3CCOC(CO)C3)cc2c1. The molecule has 0 bridgehead atoms. The predicted molar refractivity (Wildman–Crippen MR) is 79.0 cm³/mol. The fourth-order valence-corrected chi connectivity index (χ4v) is 3.35. The molecule has 0 aliphatic carbocycles. The van der Waals surface area contributed by atoms with E-state index in [9.17, 15) is 4.79 Å². The molecule has 3 rings (SSSR count). The highest BCUT2D eigenvalue weighted by atomic mass is 32.1. The zero-order valence-corrected chi connectivity index (χ0v) is 11.7. The van der Waals surface area contributed by atoms with Crippen molar-refractivity contribution in [3.8, 4) is 0 Å². The van der Waals surface area contributed by atoms with Crippen molar-refractivity contribution in [2.75, 3.05) is 32.0 Å². The van der Waals surface area contributed by atoms with E-state index in [-0.39, 0.29) is 18.6 Å². The van der Waals surface area contributed by atoms with Crippen LogP contribution in [0.5, 0.6) is 0 Å². The lowest BCUT2D eigenvalue weighted by molar-refractivity contribution is -0.0446. The van der Waals surface area contributed by atoms with Gasteiger partial charge >= 0.3 is 0 Å². The van der Waals surface area contributed by atoms with Crippen LogP contribution < -0.4 is 5.73 Å². The lowest BCUT2D eigenvalue weighted by atomic mass is 10.2. The molecule has 1 aliphatic heterocycles. The van der Waals surface area contributed by atoms with Crippen molar-refractivity contribution in [1.29, 1.82) is 0 Å². The number of fused-ring (bicyclic) bond motifs is 1. The Labute approximate surface area is 120 Å². The van der Waals surface area contributed by atoms with Gasteiger partial charge in [0.25, 0.3) is 5.91 Å². The molecular formula is C14H16N2O3S. The summed E-state index contributed by atoms with van der Waals surface area (Å²) >= 11 is 1.47. The number of ether oxygens (including phenoxy) is 1. The Hall–Kier alpha value is -1.63. The second kappa shape index (κ2) is 5.40. The summed E-state index contributed by atoms with van der Waals surface area (Å²) in [5, 5.41) is 10.1. The van der Waals surface area contributed by atoms with Gasteiger partial charge in [0.1, 0.15) is 0 Å². The average molecular weight is 292 g/mol. The smallest absolute Gasteiger partial charge is 0.264 e. The molecule has 1 fully saturated rings. The van der Waals surface area contributed by atoms with Gasteiger partial charge in [0.2, 0.25) is 0 Å². The fraction of sp³-hybridized carbons (Fsp3) is 0.357. The highest BCUT2D eigenvalue weighted by molar-refractivity contribution is 7.20. The number of aliphatic hydroxyl groups is 1. The molecule has 1 aromatic carbocycles. The summed E-state index contributed by atoms with van der Waals surface area (Å²) in [7, 11) is 0. The van der Waals surface area contributed by atoms with E-state index in [0.29, 0.717) is 30.3 Å². The molecule has 1 atom stereocenters. The molecule has 0 radical (unpaired) electrons. The second-order valence-electron chi connectivity index (χ2n) is 4.83. The second-order valence-corrected chi connectivity index (χ2v) is 5.92. The average Bonchev–Trinajstić information content (AvgIpc) is 2.89. The molecule has 5 nitrogen and oxygen atoms in total. The van der Waals surface area contributed by atoms with Gasteiger partial charge in [-0.2, -0.15) is 0 Å². The highest BCUT2D eigenvalue weighted by Gasteiger charge is 2.25. The molecular weight excluding hydrogens is 276 g/mol. The first-order chi connectivity index (χ1) is 9.67. The summed E-state index contributed by atoms with van der Waals surface area (Å²) in [6.07, 6.45) is -0.280. The van der Waals surface area contributed by atoms with Crippen molar-refractivity contribution >= 4 is 33.0 Å². The molecule has 2 heterocycles. The standard InChI is InChI=1S/C14H16N2O3S/c15-10-1-2-12-9(5-10)6-13(20-12)14(18)16-3-4-19-11(7-16)8-17/h1-2,5-6,11,17H,3-4,7-8,15H2. The topological polar surface area (TPSA) is 75.8 Å². The van der Waals surface area contributed by atoms with Gasteiger partial charge in [0, 0.05) is 23.5 Å². The number of thiophene rings is 1. The van der Waals surface area contributed by atoms with Gasteiger partial charge in [-0.3, -0.25) is 4.79 Å². The number of benzene rings is 1. The Balaban J connectivity index is 1.84. The number of nitrogen functional groups attached to an aromatic ring is 1. The number of carbonyl (C=O) groups is 1. The van der Waals surface area contributed by atoms with Crippen molar-refractivity contribution in [3.63, 3.8) is 0 Å². The summed E-state index contributed by atoms with van der Waals surface area (Å²) in [5.74, 6) is -0.00785. The summed E-state index contributed by atoms with van der Waals surface area (Å²) < 4.78 is 6.41. The van der Waals surface area contributed by atoms with E-state index < -0.39 is 0 Å². The minimum Gasteiger partial charge on any atom is -0.399 e. The quantitative estimate of drug-likeness (QED) is 0.819. The van der Waals surface area contributed by atoms with Crippen LogP contribution in [0.4, 0.5) is 5.69 Å².